The van der Waals surface area contributed by atoms with Crippen LogP contribution in [0.1, 0.15) is 45.2 Å². The van der Waals surface area contributed by atoms with E-state index in [2.05, 4.69) is 37.8 Å². The van der Waals surface area contributed by atoms with Crippen molar-refractivity contribution < 1.29 is 4.74 Å². The summed E-state index contributed by atoms with van der Waals surface area (Å²) < 4.78 is 5.19. The highest BCUT2D eigenvalue weighted by atomic mass is 16.5. The zero-order chi connectivity index (χ0) is 14.0. The number of methoxy groups -OCH3 is 1. The Labute approximate surface area is 116 Å². The fraction of sp³-hybridized carbons (Fsp3) is 0.625. The first kappa shape index (κ1) is 14.4. The summed E-state index contributed by atoms with van der Waals surface area (Å²) in [4.78, 5) is 2.54. The van der Waals surface area contributed by atoms with Crippen LogP contribution in [0.5, 0.6) is 5.75 Å². The normalized spacial score (nSPS) is 22.2. The average Bonchev–Trinajstić information content (AvgIpc) is 2.77. The van der Waals surface area contributed by atoms with Crippen LogP contribution >= 0.6 is 0 Å². The molecule has 3 nitrogen and oxygen atoms in total. The maximum Gasteiger partial charge on any atom is 0.118 e. The van der Waals surface area contributed by atoms with Gasteiger partial charge in [-0.15, -0.1) is 0 Å². The summed E-state index contributed by atoms with van der Waals surface area (Å²) in [7, 11) is 1.68. The van der Waals surface area contributed by atoms with Crippen LogP contribution in [-0.4, -0.2) is 30.1 Å². The van der Waals surface area contributed by atoms with Gasteiger partial charge in [-0.2, -0.15) is 0 Å². The third-order valence-electron chi connectivity index (χ3n) is 4.48. The second-order valence-electron chi connectivity index (χ2n) is 6.15. The van der Waals surface area contributed by atoms with Gasteiger partial charge in [0.15, 0.2) is 0 Å². The van der Waals surface area contributed by atoms with E-state index < -0.39 is 0 Å². The summed E-state index contributed by atoms with van der Waals surface area (Å²) in [5, 5.41) is 0. The van der Waals surface area contributed by atoms with E-state index in [0.717, 1.165) is 12.3 Å². The molecule has 0 aliphatic carbocycles. The molecule has 2 rings (SSSR count). The highest BCUT2D eigenvalue weighted by Crippen LogP contribution is 2.33. The lowest BCUT2D eigenvalue weighted by atomic mass is 9.95. The predicted molar refractivity (Wildman–Crippen MR) is 79.4 cm³/mol. The Balaban J connectivity index is 2.11. The summed E-state index contributed by atoms with van der Waals surface area (Å²) >= 11 is 0. The number of nitrogens with zero attached hydrogens (tertiary/aromatic N) is 1. The molecule has 0 amide bonds. The molecule has 19 heavy (non-hydrogen) atoms. The molecule has 0 aromatic heterocycles. The number of hydrogen-bond donors (Lipinski definition) is 1. The second kappa shape index (κ2) is 5.51. The van der Waals surface area contributed by atoms with Crippen LogP contribution in [0.25, 0.3) is 0 Å². The van der Waals surface area contributed by atoms with Gasteiger partial charge in [0.2, 0.25) is 0 Å². The lowest BCUT2D eigenvalue weighted by molar-refractivity contribution is 0.108. The summed E-state index contributed by atoms with van der Waals surface area (Å²) in [6, 6.07) is 8.51. The maximum atomic E-state index is 6.45. The first-order chi connectivity index (χ1) is 8.95. The van der Waals surface area contributed by atoms with Crippen molar-refractivity contribution in [2.45, 2.75) is 51.2 Å². The van der Waals surface area contributed by atoms with Crippen LogP contribution < -0.4 is 10.5 Å². The first-order valence-electron chi connectivity index (χ1n) is 7.12. The van der Waals surface area contributed by atoms with E-state index in [1.807, 2.05) is 12.1 Å². The van der Waals surface area contributed by atoms with Crippen molar-refractivity contribution in [3.05, 3.63) is 29.8 Å². The van der Waals surface area contributed by atoms with Gasteiger partial charge in [-0.05, 0) is 57.9 Å². The minimum atomic E-state index is 0.0447. The molecule has 106 valence electrons. The molecule has 1 heterocycles. The SMILES string of the molecule is COc1ccc(C(N)C(C)N2CCCC2(C)C)cc1. The van der Waals surface area contributed by atoms with E-state index in [1.165, 1.54) is 18.4 Å². The minimum Gasteiger partial charge on any atom is -0.497 e. The number of rotatable bonds is 4. The molecule has 2 atom stereocenters. The van der Waals surface area contributed by atoms with E-state index in [9.17, 15) is 0 Å². The Kier molecular flexibility index (Phi) is 4.16. The minimum absolute atomic E-state index is 0.0447. The van der Waals surface area contributed by atoms with Crippen molar-refractivity contribution in [1.82, 2.24) is 4.90 Å². The molecular formula is C16H26N2O. The highest BCUT2D eigenvalue weighted by molar-refractivity contribution is 5.29. The third kappa shape index (κ3) is 2.93. The van der Waals surface area contributed by atoms with Gasteiger partial charge in [-0.25, -0.2) is 0 Å². The molecule has 1 aromatic carbocycles. The van der Waals surface area contributed by atoms with Crippen molar-refractivity contribution in [3.63, 3.8) is 0 Å². The molecule has 1 saturated heterocycles. The molecule has 2 N–H and O–H groups in total. The zero-order valence-electron chi connectivity index (χ0n) is 12.5. The quantitative estimate of drug-likeness (QED) is 0.906. The monoisotopic (exact) mass is 262 g/mol. The van der Waals surface area contributed by atoms with E-state index in [-0.39, 0.29) is 11.6 Å². The molecule has 0 bridgehead atoms. The number of likely N-dealkylation sites (tertiary alicyclic amines) is 1. The molecule has 1 aliphatic rings. The van der Waals surface area contributed by atoms with Gasteiger partial charge in [0, 0.05) is 17.6 Å². The molecule has 0 spiro atoms. The van der Waals surface area contributed by atoms with Crippen molar-refractivity contribution in [2.24, 2.45) is 5.73 Å². The Morgan fingerprint density at radius 1 is 1.26 bits per heavy atom. The molecule has 0 radical (unpaired) electrons. The highest BCUT2D eigenvalue weighted by Gasteiger charge is 2.37. The van der Waals surface area contributed by atoms with E-state index in [0.29, 0.717) is 6.04 Å². The molecule has 2 unspecified atom stereocenters. The van der Waals surface area contributed by atoms with Crippen LogP contribution in [0.3, 0.4) is 0 Å². The Hall–Kier alpha value is -1.06. The third-order valence-corrected chi connectivity index (χ3v) is 4.48. The molecule has 1 fully saturated rings. The molecule has 0 saturated carbocycles. The van der Waals surface area contributed by atoms with Gasteiger partial charge < -0.3 is 10.5 Å². The molecular weight excluding hydrogens is 236 g/mol. The predicted octanol–water partition coefficient (Wildman–Crippen LogP) is 2.96. The smallest absolute Gasteiger partial charge is 0.118 e. The van der Waals surface area contributed by atoms with Gasteiger partial charge in [0.1, 0.15) is 5.75 Å². The zero-order valence-corrected chi connectivity index (χ0v) is 12.5. The van der Waals surface area contributed by atoms with Gasteiger partial charge in [-0.1, -0.05) is 12.1 Å². The number of benzene rings is 1. The average molecular weight is 262 g/mol. The maximum absolute atomic E-state index is 6.45. The van der Waals surface area contributed by atoms with E-state index in [1.54, 1.807) is 7.11 Å². The Morgan fingerprint density at radius 3 is 2.37 bits per heavy atom. The first-order valence-corrected chi connectivity index (χ1v) is 7.12. The van der Waals surface area contributed by atoms with E-state index in [4.69, 9.17) is 10.5 Å². The van der Waals surface area contributed by atoms with Crippen molar-refractivity contribution in [2.75, 3.05) is 13.7 Å². The van der Waals surface area contributed by atoms with Gasteiger partial charge in [0.25, 0.3) is 0 Å². The van der Waals surface area contributed by atoms with Gasteiger partial charge >= 0.3 is 0 Å². The molecule has 1 aromatic rings. The lowest BCUT2D eigenvalue weighted by Gasteiger charge is -2.39. The van der Waals surface area contributed by atoms with Crippen LogP contribution in [0, 0.1) is 0 Å². The topological polar surface area (TPSA) is 38.5 Å². The molecule has 3 heteroatoms. The van der Waals surface area contributed by atoms with Crippen LogP contribution in [0.4, 0.5) is 0 Å². The van der Waals surface area contributed by atoms with Gasteiger partial charge in [0.05, 0.1) is 7.11 Å². The lowest BCUT2D eigenvalue weighted by Crippen LogP contribution is -2.48. The van der Waals surface area contributed by atoms with Crippen LogP contribution in [0.15, 0.2) is 24.3 Å². The fourth-order valence-electron chi connectivity index (χ4n) is 3.18. The Morgan fingerprint density at radius 2 is 1.89 bits per heavy atom. The standard InChI is InChI=1S/C16H26N2O/c1-12(18-11-5-10-16(18,2)3)15(17)13-6-8-14(19-4)9-7-13/h6-9,12,15H,5,10-11,17H2,1-4H3. The molecule has 1 aliphatic heterocycles. The van der Waals surface area contributed by atoms with Crippen molar-refractivity contribution in [1.29, 1.82) is 0 Å². The number of hydrogen-bond acceptors (Lipinski definition) is 3. The van der Waals surface area contributed by atoms with Crippen LogP contribution in [0.2, 0.25) is 0 Å². The van der Waals surface area contributed by atoms with Crippen molar-refractivity contribution in [3.8, 4) is 5.75 Å². The van der Waals surface area contributed by atoms with Crippen molar-refractivity contribution >= 4 is 0 Å². The van der Waals surface area contributed by atoms with Crippen LogP contribution in [-0.2, 0) is 0 Å². The summed E-state index contributed by atoms with van der Waals surface area (Å²) in [6.45, 7) is 8.02. The summed E-state index contributed by atoms with van der Waals surface area (Å²) in [6.07, 6.45) is 2.53. The summed E-state index contributed by atoms with van der Waals surface area (Å²) in [5.41, 5.74) is 7.89. The second-order valence-corrected chi connectivity index (χ2v) is 6.15. The Bertz CT molecular complexity index is 413. The fourth-order valence-corrected chi connectivity index (χ4v) is 3.18. The van der Waals surface area contributed by atoms with E-state index >= 15 is 0 Å². The summed E-state index contributed by atoms with van der Waals surface area (Å²) in [5.74, 6) is 0.880. The number of ether oxygens (including phenoxy) is 1. The largest absolute Gasteiger partial charge is 0.497 e. The van der Waals surface area contributed by atoms with Gasteiger partial charge in [-0.3, -0.25) is 4.90 Å². The number of nitrogens with two attached hydrogens (primary N) is 1.